The minimum absolute atomic E-state index is 0.123. The Labute approximate surface area is 144 Å². The Morgan fingerprint density at radius 1 is 1.25 bits per heavy atom. The number of likely N-dealkylation sites (N-methyl/N-ethyl adjacent to an activating group) is 1. The van der Waals surface area contributed by atoms with Gasteiger partial charge >= 0.3 is 5.69 Å². The summed E-state index contributed by atoms with van der Waals surface area (Å²) in [6.45, 7) is 6.12. The van der Waals surface area contributed by atoms with E-state index in [2.05, 4.69) is 33.7 Å². The molecular weight excluding hydrogens is 330 g/mol. The van der Waals surface area contributed by atoms with Crippen LogP contribution in [0.1, 0.15) is 12.6 Å². The highest BCUT2D eigenvalue weighted by atomic mass is 35.5. The molecule has 4 rings (SSSR count). The van der Waals surface area contributed by atoms with Gasteiger partial charge in [-0.05, 0) is 20.9 Å². The molecule has 2 aromatic rings. The number of aryl methyl sites for hydroxylation is 2. The Morgan fingerprint density at radius 2 is 2.00 bits per heavy atom. The summed E-state index contributed by atoms with van der Waals surface area (Å²) in [5.74, 6) is 1.22. The van der Waals surface area contributed by atoms with Gasteiger partial charge in [-0.15, -0.1) is 0 Å². The molecule has 1 saturated heterocycles. The first kappa shape index (κ1) is 15.7. The number of piperazine rings is 1. The number of ether oxygens (including phenoxy) is 1. The Balaban J connectivity index is 2.05. The van der Waals surface area contributed by atoms with Crippen LogP contribution in [0.5, 0.6) is 5.75 Å². The third-order valence-electron chi connectivity index (χ3n) is 5.12. The monoisotopic (exact) mass is 349 g/mol. The van der Waals surface area contributed by atoms with Crippen LogP contribution in [0.15, 0.2) is 4.79 Å². The molecule has 0 N–H and O–H groups in total. The molecule has 2 unspecified atom stereocenters. The fraction of sp³-hybridized carbons (Fsp3) is 0.562. The van der Waals surface area contributed by atoms with E-state index < -0.39 is 0 Å². The van der Waals surface area contributed by atoms with Crippen molar-refractivity contribution in [3.05, 3.63) is 21.2 Å². The lowest BCUT2D eigenvalue weighted by molar-refractivity contribution is 0.166. The summed E-state index contributed by atoms with van der Waals surface area (Å²) in [5, 5.41) is 1.22. The second-order valence-electron chi connectivity index (χ2n) is 6.72. The molecule has 2 aromatic heterocycles. The summed E-state index contributed by atoms with van der Waals surface area (Å²) in [6.07, 6.45) is 0. The van der Waals surface area contributed by atoms with Crippen LogP contribution in [-0.4, -0.2) is 58.3 Å². The van der Waals surface area contributed by atoms with Gasteiger partial charge in [0.2, 0.25) is 0 Å². The molecule has 0 bridgehead atoms. The summed E-state index contributed by atoms with van der Waals surface area (Å²) in [7, 11) is 3.78. The fourth-order valence-electron chi connectivity index (χ4n) is 3.50. The van der Waals surface area contributed by atoms with Gasteiger partial charge < -0.3 is 9.64 Å². The van der Waals surface area contributed by atoms with Gasteiger partial charge in [-0.25, -0.2) is 9.78 Å². The summed E-state index contributed by atoms with van der Waals surface area (Å²) < 4.78 is 7.54. The molecule has 0 radical (unpaired) electrons. The van der Waals surface area contributed by atoms with E-state index in [4.69, 9.17) is 16.3 Å². The molecule has 0 amide bonds. The first-order valence-electron chi connectivity index (χ1n) is 8.05. The number of anilines is 1. The van der Waals surface area contributed by atoms with Gasteiger partial charge in [-0.1, -0.05) is 11.6 Å². The van der Waals surface area contributed by atoms with E-state index in [0.717, 1.165) is 18.5 Å². The summed E-state index contributed by atoms with van der Waals surface area (Å²) >= 11 is 6.47. The zero-order chi connectivity index (χ0) is 17.2. The van der Waals surface area contributed by atoms with Crippen LogP contribution in [0.25, 0.3) is 11.0 Å². The van der Waals surface area contributed by atoms with Crippen LogP contribution in [0.2, 0.25) is 5.02 Å². The number of hydrogen-bond donors (Lipinski definition) is 0. The van der Waals surface area contributed by atoms with Crippen molar-refractivity contribution in [2.24, 2.45) is 7.05 Å². The first-order chi connectivity index (χ1) is 11.4. The minimum Gasteiger partial charge on any atom is -0.489 e. The number of hydrogen-bond acceptors (Lipinski definition) is 6. The summed E-state index contributed by atoms with van der Waals surface area (Å²) in [5.41, 5.74) is 0.899. The zero-order valence-electron chi connectivity index (χ0n) is 14.2. The topological polar surface area (TPSA) is 63.5 Å². The average Bonchev–Trinajstić information content (AvgIpc) is 2.68. The van der Waals surface area contributed by atoms with Crippen LogP contribution < -0.4 is 15.3 Å². The fourth-order valence-corrected chi connectivity index (χ4v) is 3.70. The lowest BCUT2D eigenvalue weighted by atomic mass is 10.1. The van der Waals surface area contributed by atoms with Crippen LogP contribution in [-0.2, 0) is 7.05 Å². The van der Waals surface area contributed by atoms with Crippen molar-refractivity contribution in [1.29, 1.82) is 0 Å². The second kappa shape index (κ2) is 5.32. The van der Waals surface area contributed by atoms with E-state index >= 15 is 0 Å². The smallest absolute Gasteiger partial charge is 0.350 e. The molecular formula is C16H20ClN5O2. The Kier molecular flexibility index (Phi) is 3.47. The van der Waals surface area contributed by atoms with Crippen LogP contribution in [0, 0.1) is 6.92 Å². The van der Waals surface area contributed by atoms with Gasteiger partial charge in [0, 0.05) is 26.2 Å². The van der Waals surface area contributed by atoms with E-state index in [1.807, 2.05) is 6.92 Å². The predicted molar refractivity (Wildman–Crippen MR) is 93.2 cm³/mol. The van der Waals surface area contributed by atoms with Crippen molar-refractivity contribution in [3.63, 3.8) is 0 Å². The second-order valence-corrected chi connectivity index (χ2v) is 7.10. The quantitative estimate of drug-likeness (QED) is 0.712. The molecule has 8 heteroatoms. The molecule has 1 fully saturated rings. The van der Waals surface area contributed by atoms with Crippen LogP contribution in [0.4, 0.5) is 5.82 Å². The van der Waals surface area contributed by atoms with Crippen molar-refractivity contribution in [1.82, 2.24) is 19.4 Å². The molecule has 4 heterocycles. The molecule has 2 aliphatic rings. The predicted octanol–water partition coefficient (Wildman–Crippen LogP) is 1.19. The number of nitrogens with zero attached hydrogens (tertiary/aromatic N) is 5. The molecule has 2 atom stereocenters. The first-order valence-corrected chi connectivity index (χ1v) is 8.42. The normalized spacial score (nSPS) is 23.8. The standard InChI is InChI=1S/C16H20ClN5O2/c1-8-5-22-10(6-20(8)3)7-24-13-11-14(18-9(2)12(13)17)21(4)16(23)19-15(11)22/h8,10H,5-7H2,1-4H3. The van der Waals surface area contributed by atoms with E-state index in [0.29, 0.717) is 40.6 Å². The largest absolute Gasteiger partial charge is 0.489 e. The Morgan fingerprint density at radius 3 is 2.75 bits per heavy atom. The number of rotatable bonds is 0. The molecule has 7 nitrogen and oxygen atoms in total. The maximum atomic E-state index is 12.4. The van der Waals surface area contributed by atoms with Gasteiger partial charge in [-0.3, -0.25) is 9.47 Å². The van der Waals surface area contributed by atoms with Crippen molar-refractivity contribution in [2.45, 2.75) is 25.9 Å². The van der Waals surface area contributed by atoms with E-state index in [1.165, 1.54) is 4.57 Å². The number of fused-ring (bicyclic) bond motifs is 2. The lowest BCUT2D eigenvalue weighted by Gasteiger charge is -2.43. The molecule has 0 aliphatic carbocycles. The third kappa shape index (κ3) is 2.11. The van der Waals surface area contributed by atoms with E-state index in [-0.39, 0.29) is 11.7 Å². The Bertz CT molecular complexity index is 896. The summed E-state index contributed by atoms with van der Waals surface area (Å²) in [4.78, 5) is 25.7. The molecule has 0 aromatic carbocycles. The van der Waals surface area contributed by atoms with Gasteiger partial charge in [-0.2, -0.15) is 4.98 Å². The van der Waals surface area contributed by atoms with Gasteiger partial charge in [0.1, 0.15) is 22.8 Å². The zero-order valence-corrected chi connectivity index (χ0v) is 15.0. The highest BCUT2D eigenvalue weighted by molar-refractivity contribution is 6.34. The summed E-state index contributed by atoms with van der Waals surface area (Å²) in [6, 6.07) is 0.482. The number of halogens is 1. The van der Waals surface area contributed by atoms with E-state index in [1.54, 1.807) is 7.05 Å². The Hall–Kier alpha value is -1.86. The molecule has 24 heavy (non-hydrogen) atoms. The van der Waals surface area contributed by atoms with Crippen LogP contribution in [0.3, 0.4) is 0 Å². The highest BCUT2D eigenvalue weighted by Crippen LogP contribution is 2.41. The molecule has 0 spiro atoms. The van der Waals surface area contributed by atoms with Crippen molar-refractivity contribution in [2.75, 3.05) is 31.6 Å². The molecule has 2 aliphatic heterocycles. The van der Waals surface area contributed by atoms with E-state index in [9.17, 15) is 4.79 Å². The van der Waals surface area contributed by atoms with Crippen molar-refractivity contribution >= 4 is 28.5 Å². The number of aromatic nitrogens is 3. The molecule has 0 saturated carbocycles. The van der Waals surface area contributed by atoms with Gasteiger partial charge in [0.05, 0.1) is 11.7 Å². The third-order valence-corrected chi connectivity index (χ3v) is 5.56. The highest BCUT2D eigenvalue weighted by Gasteiger charge is 2.36. The van der Waals surface area contributed by atoms with Gasteiger partial charge in [0.15, 0.2) is 11.4 Å². The van der Waals surface area contributed by atoms with Crippen LogP contribution >= 0.6 is 11.6 Å². The molecule has 128 valence electrons. The average molecular weight is 350 g/mol. The maximum absolute atomic E-state index is 12.4. The minimum atomic E-state index is -0.315. The SMILES string of the molecule is Cc1nc2c3c(nc(=O)n2C)N2CC(C)N(C)CC2COc3c1Cl. The van der Waals surface area contributed by atoms with Crippen molar-refractivity contribution in [3.8, 4) is 5.75 Å². The lowest BCUT2D eigenvalue weighted by Crippen LogP contribution is -2.58. The number of pyridine rings is 1. The van der Waals surface area contributed by atoms with Crippen molar-refractivity contribution < 1.29 is 4.74 Å². The maximum Gasteiger partial charge on any atom is 0.350 e. The van der Waals surface area contributed by atoms with Gasteiger partial charge in [0.25, 0.3) is 0 Å².